The molecule has 5 nitrogen and oxygen atoms in total. The fourth-order valence-electron chi connectivity index (χ4n) is 3.82. The standard InChI is InChI=1S/C26H27N3O2S/c30-32(31,26-10-5-8-24-20-28-18-15-25(24)26)29-17-4-2-1-3-7-21-11-13-22(14-12-21)23-9-6-16-27-19-23/h5-6,8-16,18-20,29H,1-4,7,17H2. The number of aryl methyl sites for hydroxylation is 1. The second kappa shape index (κ2) is 10.5. The Balaban J connectivity index is 1.19. The smallest absolute Gasteiger partial charge is 0.241 e. The van der Waals surface area contributed by atoms with E-state index >= 15 is 0 Å². The zero-order valence-corrected chi connectivity index (χ0v) is 18.8. The quantitative estimate of drug-likeness (QED) is 0.333. The lowest BCUT2D eigenvalue weighted by Crippen LogP contribution is -2.25. The molecule has 32 heavy (non-hydrogen) atoms. The normalized spacial score (nSPS) is 11.6. The molecule has 2 heterocycles. The molecule has 1 N–H and O–H groups in total. The first-order valence-electron chi connectivity index (χ1n) is 11.0. The van der Waals surface area contributed by atoms with Crippen molar-refractivity contribution in [3.8, 4) is 11.1 Å². The molecule has 0 bridgehead atoms. The summed E-state index contributed by atoms with van der Waals surface area (Å²) in [5.74, 6) is 0. The first-order valence-corrected chi connectivity index (χ1v) is 12.4. The maximum absolute atomic E-state index is 12.7. The second-order valence-corrected chi connectivity index (χ2v) is 9.59. The second-order valence-electron chi connectivity index (χ2n) is 7.85. The molecule has 0 amide bonds. The van der Waals surface area contributed by atoms with Gasteiger partial charge in [-0.15, -0.1) is 0 Å². The largest absolute Gasteiger partial charge is 0.264 e. The lowest BCUT2D eigenvalue weighted by Gasteiger charge is -2.09. The molecule has 2 aromatic carbocycles. The van der Waals surface area contributed by atoms with Crippen LogP contribution < -0.4 is 4.72 Å². The monoisotopic (exact) mass is 445 g/mol. The van der Waals surface area contributed by atoms with Gasteiger partial charge < -0.3 is 0 Å². The Kier molecular flexibility index (Phi) is 7.24. The Morgan fingerprint density at radius 1 is 0.719 bits per heavy atom. The average molecular weight is 446 g/mol. The van der Waals surface area contributed by atoms with Gasteiger partial charge in [-0.3, -0.25) is 9.97 Å². The Morgan fingerprint density at radius 3 is 2.34 bits per heavy atom. The van der Waals surface area contributed by atoms with Crippen molar-refractivity contribution in [1.82, 2.24) is 14.7 Å². The van der Waals surface area contributed by atoms with Crippen molar-refractivity contribution in [2.75, 3.05) is 6.54 Å². The molecule has 0 aliphatic rings. The number of nitrogens with zero attached hydrogens (tertiary/aromatic N) is 2. The Hall–Kier alpha value is -3.09. The Labute approximate surface area is 189 Å². The predicted octanol–water partition coefficient (Wildman–Crippen LogP) is 5.38. The number of pyridine rings is 2. The number of unbranched alkanes of at least 4 members (excludes halogenated alkanes) is 3. The maximum atomic E-state index is 12.7. The number of fused-ring (bicyclic) bond motifs is 1. The summed E-state index contributed by atoms with van der Waals surface area (Å²) in [6, 6.07) is 19.7. The number of sulfonamides is 1. The van der Waals surface area contributed by atoms with Gasteiger partial charge in [0.2, 0.25) is 10.0 Å². The van der Waals surface area contributed by atoms with E-state index in [2.05, 4.69) is 45.0 Å². The van der Waals surface area contributed by atoms with Crippen molar-refractivity contribution in [2.24, 2.45) is 0 Å². The zero-order chi connectivity index (χ0) is 22.2. The molecule has 4 aromatic rings. The van der Waals surface area contributed by atoms with Gasteiger partial charge in [-0.2, -0.15) is 0 Å². The van der Waals surface area contributed by atoms with Gasteiger partial charge in [0.1, 0.15) is 0 Å². The number of rotatable bonds is 10. The Morgan fingerprint density at radius 2 is 1.53 bits per heavy atom. The molecule has 0 fully saturated rings. The molecule has 0 saturated carbocycles. The number of aromatic nitrogens is 2. The lowest BCUT2D eigenvalue weighted by molar-refractivity contribution is 0.572. The van der Waals surface area contributed by atoms with Crippen molar-refractivity contribution < 1.29 is 8.42 Å². The summed E-state index contributed by atoms with van der Waals surface area (Å²) in [4.78, 5) is 8.54. The van der Waals surface area contributed by atoms with Crippen LogP contribution in [0.25, 0.3) is 21.9 Å². The number of hydrogen-bond donors (Lipinski definition) is 1. The average Bonchev–Trinajstić information content (AvgIpc) is 2.84. The highest BCUT2D eigenvalue weighted by Crippen LogP contribution is 2.22. The van der Waals surface area contributed by atoms with Crippen molar-refractivity contribution in [3.05, 3.63) is 91.0 Å². The Bertz CT molecular complexity index is 1250. The van der Waals surface area contributed by atoms with Gasteiger partial charge in [-0.05, 0) is 54.2 Å². The van der Waals surface area contributed by atoms with E-state index in [0.717, 1.165) is 43.1 Å². The fraction of sp³-hybridized carbons (Fsp3) is 0.231. The van der Waals surface area contributed by atoms with Crippen LogP contribution in [0.3, 0.4) is 0 Å². The van der Waals surface area contributed by atoms with Crippen LogP contribution in [0.15, 0.2) is 90.3 Å². The highest BCUT2D eigenvalue weighted by molar-refractivity contribution is 7.89. The summed E-state index contributed by atoms with van der Waals surface area (Å²) in [5, 5.41) is 1.52. The minimum Gasteiger partial charge on any atom is -0.264 e. The van der Waals surface area contributed by atoms with E-state index in [-0.39, 0.29) is 0 Å². The minimum absolute atomic E-state index is 0.312. The SMILES string of the molecule is O=S(=O)(NCCCCCCc1ccc(-c2cccnc2)cc1)c1cccc2cnccc12. The van der Waals surface area contributed by atoms with Gasteiger partial charge in [0.15, 0.2) is 0 Å². The van der Waals surface area contributed by atoms with Crippen LogP contribution in [0.1, 0.15) is 31.2 Å². The van der Waals surface area contributed by atoms with E-state index in [4.69, 9.17) is 0 Å². The molecule has 0 spiro atoms. The van der Waals surface area contributed by atoms with Crippen molar-refractivity contribution in [3.63, 3.8) is 0 Å². The highest BCUT2D eigenvalue weighted by Gasteiger charge is 2.16. The van der Waals surface area contributed by atoms with Crippen molar-refractivity contribution >= 4 is 20.8 Å². The molecule has 4 rings (SSSR count). The van der Waals surface area contributed by atoms with Gasteiger partial charge in [0.25, 0.3) is 0 Å². The maximum Gasteiger partial charge on any atom is 0.241 e. The van der Waals surface area contributed by atoms with Gasteiger partial charge in [0, 0.05) is 42.1 Å². The minimum atomic E-state index is -3.53. The summed E-state index contributed by atoms with van der Waals surface area (Å²) >= 11 is 0. The van der Waals surface area contributed by atoms with Gasteiger partial charge in [-0.25, -0.2) is 13.1 Å². The molecule has 164 valence electrons. The van der Waals surface area contributed by atoms with Crippen molar-refractivity contribution in [1.29, 1.82) is 0 Å². The summed E-state index contributed by atoms with van der Waals surface area (Å²) < 4.78 is 28.2. The molecule has 0 radical (unpaired) electrons. The molecule has 0 aliphatic carbocycles. The predicted molar refractivity (Wildman–Crippen MR) is 129 cm³/mol. The van der Waals surface area contributed by atoms with Crippen LogP contribution >= 0.6 is 0 Å². The number of hydrogen-bond acceptors (Lipinski definition) is 4. The lowest BCUT2D eigenvalue weighted by atomic mass is 10.0. The van der Waals surface area contributed by atoms with Gasteiger partial charge >= 0.3 is 0 Å². The van der Waals surface area contributed by atoms with Crippen LogP contribution in [0.2, 0.25) is 0 Å². The summed E-state index contributed by atoms with van der Waals surface area (Å²) in [6.45, 7) is 0.448. The van der Waals surface area contributed by atoms with E-state index in [1.165, 1.54) is 11.1 Å². The van der Waals surface area contributed by atoms with E-state index < -0.39 is 10.0 Å². The molecule has 0 aliphatic heterocycles. The summed E-state index contributed by atoms with van der Waals surface area (Å²) in [5.41, 5.74) is 3.63. The molecule has 0 unspecified atom stereocenters. The topological polar surface area (TPSA) is 72.0 Å². The van der Waals surface area contributed by atoms with E-state index in [1.54, 1.807) is 36.8 Å². The third kappa shape index (κ3) is 5.58. The van der Waals surface area contributed by atoms with E-state index in [1.807, 2.05) is 18.3 Å². The first-order chi connectivity index (χ1) is 15.6. The number of benzene rings is 2. The van der Waals surface area contributed by atoms with E-state index in [0.29, 0.717) is 16.8 Å². The van der Waals surface area contributed by atoms with E-state index in [9.17, 15) is 8.42 Å². The zero-order valence-electron chi connectivity index (χ0n) is 17.9. The molecule has 0 atom stereocenters. The van der Waals surface area contributed by atoms with Gasteiger partial charge in [0.05, 0.1) is 4.90 Å². The van der Waals surface area contributed by atoms with Crippen LogP contribution in [0.4, 0.5) is 0 Å². The summed E-state index contributed by atoms with van der Waals surface area (Å²) in [6.07, 6.45) is 12.0. The molecule has 2 aromatic heterocycles. The highest BCUT2D eigenvalue weighted by atomic mass is 32.2. The third-order valence-electron chi connectivity index (χ3n) is 5.56. The molecular formula is C26H27N3O2S. The molecular weight excluding hydrogens is 418 g/mol. The number of nitrogens with one attached hydrogen (secondary N) is 1. The first kappa shape index (κ1) is 22.1. The van der Waals surface area contributed by atoms with Gasteiger partial charge in [-0.1, -0.05) is 55.3 Å². The van der Waals surface area contributed by atoms with Crippen LogP contribution in [-0.4, -0.2) is 24.9 Å². The summed E-state index contributed by atoms with van der Waals surface area (Å²) in [7, 11) is -3.53. The van der Waals surface area contributed by atoms with Crippen molar-refractivity contribution in [2.45, 2.75) is 37.0 Å². The third-order valence-corrected chi connectivity index (χ3v) is 7.08. The molecule has 6 heteroatoms. The van der Waals surface area contributed by atoms with Crippen LogP contribution in [0.5, 0.6) is 0 Å². The molecule has 0 saturated heterocycles. The van der Waals surface area contributed by atoms with Crippen LogP contribution in [-0.2, 0) is 16.4 Å². The fourth-order valence-corrected chi connectivity index (χ4v) is 5.12. The van der Waals surface area contributed by atoms with Crippen LogP contribution in [0, 0.1) is 0 Å².